The standard InChI is InChI=1S/C20H21FN4O2S/c1-14(27-17-10-8-16(21)9-11-17)19-23-24-20(25(19)2)28-13-18(26)22-12-15-6-4-3-5-7-15/h3-11,14H,12-13H2,1-2H3,(H,22,26). The summed E-state index contributed by atoms with van der Waals surface area (Å²) < 4.78 is 20.6. The third-order valence-corrected chi connectivity index (χ3v) is 5.04. The maximum atomic E-state index is 13.0. The first-order chi connectivity index (χ1) is 13.5. The maximum absolute atomic E-state index is 13.0. The van der Waals surface area contributed by atoms with Gasteiger partial charge in [-0.15, -0.1) is 10.2 Å². The third-order valence-electron chi connectivity index (χ3n) is 4.02. The summed E-state index contributed by atoms with van der Waals surface area (Å²) in [6.45, 7) is 2.33. The van der Waals surface area contributed by atoms with E-state index < -0.39 is 0 Å². The molecule has 1 atom stereocenters. The lowest BCUT2D eigenvalue weighted by Crippen LogP contribution is -2.24. The summed E-state index contributed by atoms with van der Waals surface area (Å²) in [6.07, 6.45) is -0.371. The number of nitrogens with zero attached hydrogens (tertiary/aromatic N) is 3. The zero-order chi connectivity index (χ0) is 19.9. The van der Waals surface area contributed by atoms with E-state index in [0.29, 0.717) is 23.3 Å². The average molecular weight is 400 g/mol. The highest BCUT2D eigenvalue weighted by Crippen LogP contribution is 2.23. The molecule has 1 heterocycles. The average Bonchev–Trinajstić information content (AvgIpc) is 3.08. The second kappa shape index (κ2) is 9.36. The van der Waals surface area contributed by atoms with Crippen LogP contribution < -0.4 is 10.1 Å². The molecule has 0 saturated carbocycles. The number of halogens is 1. The van der Waals surface area contributed by atoms with Gasteiger partial charge in [-0.05, 0) is 36.8 Å². The minimum atomic E-state index is -0.371. The quantitative estimate of drug-likeness (QED) is 0.586. The molecule has 0 saturated heterocycles. The summed E-state index contributed by atoms with van der Waals surface area (Å²) >= 11 is 1.31. The van der Waals surface area contributed by atoms with Crippen molar-refractivity contribution < 1.29 is 13.9 Å². The van der Waals surface area contributed by atoms with Gasteiger partial charge >= 0.3 is 0 Å². The molecule has 0 aliphatic heterocycles. The van der Waals surface area contributed by atoms with E-state index >= 15 is 0 Å². The fourth-order valence-electron chi connectivity index (χ4n) is 2.55. The minimum Gasteiger partial charge on any atom is -0.483 e. The van der Waals surface area contributed by atoms with Crippen LogP contribution in [0.5, 0.6) is 5.75 Å². The maximum Gasteiger partial charge on any atom is 0.230 e. The monoisotopic (exact) mass is 400 g/mol. The van der Waals surface area contributed by atoms with Crippen LogP contribution in [0.15, 0.2) is 59.8 Å². The molecular weight excluding hydrogens is 379 g/mol. The number of carbonyl (C=O) groups is 1. The Morgan fingerprint density at radius 1 is 1.18 bits per heavy atom. The normalized spacial score (nSPS) is 11.8. The van der Waals surface area contributed by atoms with Gasteiger partial charge in [0, 0.05) is 13.6 Å². The van der Waals surface area contributed by atoms with Crippen LogP contribution in [0, 0.1) is 5.82 Å². The molecule has 28 heavy (non-hydrogen) atoms. The first-order valence-electron chi connectivity index (χ1n) is 8.78. The second-order valence-corrected chi connectivity index (χ2v) is 7.11. The lowest BCUT2D eigenvalue weighted by molar-refractivity contribution is -0.118. The van der Waals surface area contributed by atoms with Gasteiger partial charge in [0.15, 0.2) is 17.1 Å². The van der Waals surface area contributed by atoms with Gasteiger partial charge in [0.1, 0.15) is 11.6 Å². The van der Waals surface area contributed by atoms with E-state index in [4.69, 9.17) is 4.74 Å². The molecule has 0 aliphatic rings. The molecule has 3 rings (SSSR count). The Bertz CT molecular complexity index is 916. The summed E-state index contributed by atoms with van der Waals surface area (Å²) in [5, 5.41) is 11.8. The Hall–Kier alpha value is -2.87. The fourth-order valence-corrected chi connectivity index (χ4v) is 3.30. The van der Waals surface area contributed by atoms with Gasteiger partial charge in [0.05, 0.1) is 5.75 Å². The fraction of sp³-hybridized carbons (Fsp3) is 0.250. The molecular formula is C20H21FN4O2S. The van der Waals surface area contributed by atoms with E-state index in [2.05, 4.69) is 15.5 Å². The molecule has 0 spiro atoms. The van der Waals surface area contributed by atoms with E-state index in [9.17, 15) is 9.18 Å². The number of aromatic nitrogens is 3. The first-order valence-corrected chi connectivity index (χ1v) is 9.76. The van der Waals surface area contributed by atoms with Crippen molar-refractivity contribution in [3.63, 3.8) is 0 Å². The van der Waals surface area contributed by atoms with Gasteiger partial charge < -0.3 is 14.6 Å². The lowest BCUT2D eigenvalue weighted by Gasteiger charge is -2.14. The van der Waals surface area contributed by atoms with Gasteiger partial charge in [-0.3, -0.25) is 4.79 Å². The van der Waals surface area contributed by atoms with Crippen molar-refractivity contribution in [3.05, 3.63) is 71.8 Å². The largest absolute Gasteiger partial charge is 0.483 e. The highest BCUT2D eigenvalue weighted by Gasteiger charge is 2.18. The number of carbonyl (C=O) groups excluding carboxylic acids is 1. The van der Waals surface area contributed by atoms with Crippen LogP contribution in [0.25, 0.3) is 0 Å². The van der Waals surface area contributed by atoms with Crippen molar-refractivity contribution in [2.75, 3.05) is 5.75 Å². The zero-order valence-electron chi connectivity index (χ0n) is 15.6. The molecule has 0 radical (unpaired) electrons. The van der Waals surface area contributed by atoms with Crippen LogP contribution in [0.4, 0.5) is 4.39 Å². The Balaban J connectivity index is 1.52. The molecule has 0 fully saturated rings. The van der Waals surface area contributed by atoms with Crippen molar-refractivity contribution in [2.24, 2.45) is 7.05 Å². The third kappa shape index (κ3) is 5.32. The van der Waals surface area contributed by atoms with Crippen LogP contribution in [0.1, 0.15) is 24.4 Å². The number of ether oxygens (including phenoxy) is 1. The number of hydrogen-bond donors (Lipinski definition) is 1. The predicted octanol–water partition coefficient (Wildman–Crippen LogP) is 3.50. The summed E-state index contributed by atoms with van der Waals surface area (Å²) in [7, 11) is 1.82. The van der Waals surface area contributed by atoms with Gasteiger partial charge in [0.25, 0.3) is 0 Å². The number of benzene rings is 2. The molecule has 8 heteroatoms. The molecule has 1 unspecified atom stereocenters. The Kier molecular flexibility index (Phi) is 6.65. The minimum absolute atomic E-state index is 0.0750. The number of rotatable bonds is 8. The van der Waals surface area contributed by atoms with Crippen molar-refractivity contribution in [1.82, 2.24) is 20.1 Å². The van der Waals surface area contributed by atoms with E-state index in [1.54, 1.807) is 16.7 Å². The van der Waals surface area contributed by atoms with Crippen LogP contribution in [-0.4, -0.2) is 26.4 Å². The number of thioether (sulfide) groups is 1. The van der Waals surface area contributed by atoms with Crippen LogP contribution in [0.2, 0.25) is 0 Å². The molecule has 2 aromatic carbocycles. The second-order valence-electron chi connectivity index (χ2n) is 6.16. The summed E-state index contributed by atoms with van der Waals surface area (Å²) in [4.78, 5) is 12.1. The topological polar surface area (TPSA) is 69.0 Å². The van der Waals surface area contributed by atoms with Gasteiger partial charge in [-0.1, -0.05) is 42.1 Å². The zero-order valence-corrected chi connectivity index (χ0v) is 16.4. The summed E-state index contributed by atoms with van der Waals surface area (Å²) in [5.41, 5.74) is 1.05. The van der Waals surface area contributed by atoms with Gasteiger partial charge in [-0.2, -0.15) is 0 Å². The molecule has 3 aromatic rings. The molecule has 0 aliphatic carbocycles. The van der Waals surface area contributed by atoms with Crippen LogP contribution in [-0.2, 0) is 18.4 Å². The van der Waals surface area contributed by atoms with E-state index in [1.165, 1.54) is 23.9 Å². The lowest BCUT2D eigenvalue weighted by atomic mass is 10.2. The Morgan fingerprint density at radius 3 is 2.61 bits per heavy atom. The SMILES string of the molecule is CC(Oc1ccc(F)cc1)c1nnc(SCC(=O)NCc2ccccc2)n1C. The van der Waals surface area contributed by atoms with Gasteiger partial charge in [0.2, 0.25) is 5.91 Å². The number of amides is 1. The molecule has 1 amide bonds. The molecule has 6 nitrogen and oxygen atoms in total. The first kappa shape index (κ1) is 19.9. The van der Waals surface area contributed by atoms with Crippen LogP contribution >= 0.6 is 11.8 Å². The highest BCUT2D eigenvalue weighted by molar-refractivity contribution is 7.99. The highest BCUT2D eigenvalue weighted by atomic mass is 32.2. The number of nitrogens with one attached hydrogen (secondary N) is 1. The number of hydrogen-bond acceptors (Lipinski definition) is 5. The van der Waals surface area contributed by atoms with Crippen molar-refractivity contribution >= 4 is 17.7 Å². The predicted molar refractivity (Wildman–Crippen MR) is 105 cm³/mol. The molecule has 1 aromatic heterocycles. The van der Waals surface area contributed by atoms with Gasteiger partial charge in [-0.25, -0.2) is 4.39 Å². The molecule has 1 N–H and O–H groups in total. The van der Waals surface area contributed by atoms with Crippen LogP contribution in [0.3, 0.4) is 0 Å². The van der Waals surface area contributed by atoms with E-state index in [1.807, 2.05) is 44.3 Å². The van der Waals surface area contributed by atoms with E-state index in [-0.39, 0.29) is 23.6 Å². The Morgan fingerprint density at radius 2 is 1.89 bits per heavy atom. The molecule has 0 bridgehead atoms. The van der Waals surface area contributed by atoms with E-state index in [0.717, 1.165) is 5.56 Å². The summed E-state index contributed by atoms with van der Waals surface area (Å²) in [6, 6.07) is 15.5. The summed E-state index contributed by atoms with van der Waals surface area (Å²) in [5.74, 6) is 1.02. The Labute approximate surface area is 167 Å². The van der Waals surface area contributed by atoms with Crippen molar-refractivity contribution in [3.8, 4) is 5.75 Å². The smallest absolute Gasteiger partial charge is 0.230 e. The molecule has 146 valence electrons. The van der Waals surface area contributed by atoms with Crippen molar-refractivity contribution in [1.29, 1.82) is 0 Å². The van der Waals surface area contributed by atoms with Crippen molar-refractivity contribution in [2.45, 2.75) is 24.7 Å².